The summed E-state index contributed by atoms with van der Waals surface area (Å²) in [5, 5.41) is 4.05. The van der Waals surface area contributed by atoms with Crippen molar-refractivity contribution in [1.29, 1.82) is 0 Å². The van der Waals surface area contributed by atoms with Gasteiger partial charge in [-0.3, -0.25) is 9.69 Å². The second kappa shape index (κ2) is 10.7. The third kappa shape index (κ3) is 5.31. The Hall–Kier alpha value is -3.04. The number of benzene rings is 2. The van der Waals surface area contributed by atoms with Gasteiger partial charge in [0.1, 0.15) is 5.75 Å². The van der Waals surface area contributed by atoms with Crippen LogP contribution < -0.4 is 24.4 Å². The molecule has 1 aliphatic rings. The van der Waals surface area contributed by atoms with Crippen LogP contribution in [0.15, 0.2) is 36.4 Å². The van der Waals surface area contributed by atoms with Gasteiger partial charge < -0.3 is 24.4 Å². The molecule has 33 heavy (non-hydrogen) atoms. The van der Waals surface area contributed by atoms with Crippen molar-refractivity contribution in [3.8, 4) is 17.2 Å². The minimum Gasteiger partial charge on any atom is -0.494 e. The molecule has 1 amide bonds. The van der Waals surface area contributed by atoms with Crippen LogP contribution in [0, 0.1) is 0 Å². The summed E-state index contributed by atoms with van der Waals surface area (Å²) in [6.07, 6.45) is 0. The fourth-order valence-electron chi connectivity index (χ4n) is 3.94. The van der Waals surface area contributed by atoms with E-state index < -0.39 is 0 Å². The summed E-state index contributed by atoms with van der Waals surface area (Å²) in [7, 11) is 3.10. The van der Waals surface area contributed by atoms with Gasteiger partial charge in [0, 0.05) is 39.3 Å². The fourth-order valence-corrected chi connectivity index (χ4v) is 4.98. The number of fused-ring (bicyclic) bond motifs is 1. The van der Waals surface area contributed by atoms with Crippen LogP contribution >= 0.6 is 11.3 Å². The van der Waals surface area contributed by atoms with Gasteiger partial charge in [0.15, 0.2) is 16.6 Å². The molecule has 1 saturated heterocycles. The molecule has 0 saturated carbocycles. The van der Waals surface area contributed by atoms with Crippen LogP contribution in [0.2, 0.25) is 0 Å². The number of piperazine rings is 1. The van der Waals surface area contributed by atoms with Gasteiger partial charge in [-0.05, 0) is 37.3 Å². The van der Waals surface area contributed by atoms with Crippen molar-refractivity contribution in [1.82, 2.24) is 15.2 Å². The average molecular weight is 471 g/mol. The minimum atomic E-state index is -0.162. The molecular weight excluding hydrogens is 440 g/mol. The molecule has 2 aromatic carbocycles. The van der Waals surface area contributed by atoms with E-state index in [1.54, 1.807) is 36.6 Å². The lowest BCUT2D eigenvalue weighted by Crippen LogP contribution is -2.48. The Morgan fingerprint density at radius 2 is 1.94 bits per heavy atom. The number of anilines is 1. The third-order valence-corrected chi connectivity index (χ3v) is 6.74. The molecule has 8 nitrogen and oxygen atoms in total. The maximum atomic E-state index is 12.6. The summed E-state index contributed by atoms with van der Waals surface area (Å²) in [6, 6.07) is 11.4. The number of thiazole rings is 1. The molecule has 1 aromatic heterocycles. The number of hydrogen-bond donors (Lipinski definition) is 1. The first kappa shape index (κ1) is 23.1. The predicted molar refractivity (Wildman–Crippen MR) is 131 cm³/mol. The van der Waals surface area contributed by atoms with Gasteiger partial charge in [0.05, 0.1) is 36.6 Å². The monoisotopic (exact) mass is 470 g/mol. The van der Waals surface area contributed by atoms with Crippen LogP contribution in [-0.2, 0) is 0 Å². The molecule has 0 atom stereocenters. The molecule has 2 heterocycles. The summed E-state index contributed by atoms with van der Waals surface area (Å²) >= 11 is 1.71. The molecule has 0 bridgehead atoms. The highest BCUT2D eigenvalue weighted by Gasteiger charge is 2.21. The van der Waals surface area contributed by atoms with Crippen molar-refractivity contribution >= 4 is 32.6 Å². The number of aromatic nitrogens is 1. The fraction of sp³-hybridized carbons (Fsp3) is 0.417. The van der Waals surface area contributed by atoms with Crippen molar-refractivity contribution in [3.05, 3.63) is 42.0 Å². The molecular formula is C24H30N4O4S. The number of nitrogens with one attached hydrogen (secondary N) is 1. The van der Waals surface area contributed by atoms with E-state index in [4.69, 9.17) is 19.2 Å². The Kier molecular flexibility index (Phi) is 7.51. The van der Waals surface area contributed by atoms with Gasteiger partial charge in [-0.2, -0.15) is 0 Å². The van der Waals surface area contributed by atoms with Gasteiger partial charge in [-0.1, -0.05) is 17.4 Å². The van der Waals surface area contributed by atoms with Crippen molar-refractivity contribution in [2.75, 3.05) is 65.0 Å². The smallest absolute Gasteiger partial charge is 0.255 e. The molecule has 176 valence electrons. The SMILES string of the molecule is CCOc1ccc2nc(N3CCN(CCNC(=O)c4cccc(OC)c4OC)CC3)sc2c1. The number of carbonyl (C=O) groups is 1. The number of hydrogen-bond acceptors (Lipinski definition) is 8. The number of nitrogens with zero attached hydrogens (tertiary/aromatic N) is 3. The normalized spacial score (nSPS) is 14.3. The number of amides is 1. The highest BCUT2D eigenvalue weighted by Crippen LogP contribution is 2.32. The first-order chi connectivity index (χ1) is 16.1. The maximum absolute atomic E-state index is 12.6. The van der Waals surface area contributed by atoms with E-state index in [0.717, 1.165) is 53.8 Å². The molecule has 0 spiro atoms. The van der Waals surface area contributed by atoms with E-state index in [1.165, 1.54) is 7.11 Å². The second-order valence-corrected chi connectivity index (χ2v) is 8.69. The number of para-hydroxylation sites is 1. The van der Waals surface area contributed by atoms with E-state index in [1.807, 2.05) is 19.1 Å². The van der Waals surface area contributed by atoms with Gasteiger partial charge in [-0.25, -0.2) is 4.98 Å². The summed E-state index contributed by atoms with van der Waals surface area (Å²) in [4.78, 5) is 22.1. The van der Waals surface area contributed by atoms with Crippen LogP contribution in [0.5, 0.6) is 17.2 Å². The topological polar surface area (TPSA) is 76.2 Å². The Bertz CT molecular complexity index is 1100. The Labute approximate surface area is 198 Å². The molecule has 0 unspecified atom stereocenters. The van der Waals surface area contributed by atoms with E-state index in [2.05, 4.69) is 21.2 Å². The van der Waals surface area contributed by atoms with Crippen molar-refractivity contribution in [2.45, 2.75) is 6.92 Å². The van der Waals surface area contributed by atoms with Gasteiger partial charge in [0.25, 0.3) is 5.91 Å². The lowest BCUT2D eigenvalue weighted by Gasteiger charge is -2.34. The van der Waals surface area contributed by atoms with E-state index in [-0.39, 0.29) is 5.91 Å². The summed E-state index contributed by atoms with van der Waals surface area (Å²) < 4.78 is 17.4. The van der Waals surface area contributed by atoms with Crippen molar-refractivity contribution < 1.29 is 19.0 Å². The maximum Gasteiger partial charge on any atom is 0.255 e. The Morgan fingerprint density at radius 3 is 2.67 bits per heavy atom. The number of carbonyl (C=O) groups excluding carboxylic acids is 1. The number of methoxy groups -OCH3 is 2. The Balaban J connectivity index is 1.27. The summed E-state index contributed by atoms with van der Waals surface area (Å²) in [5.41, 5.74) is 1.49. The first-order valence-corrected chi connectivity index (χ1v) is 11.9. The average Bonchev–Trinajstić information content (AvgIpc) is 3.27. The van der Waals surface area contributed by atoms with Crippen LogP contribution in [0.1, 0.15) is 17.3 Å². The van der Waals surface area contributed by atoms with Crippen molar-refractivity contribution in [2.24, 2.45) is 0 Å². The zero-order valence-corrected chi connectivity index (χ0v) is 20.1. The van der Waals surface area contributed by atoms with Crippen LogP contribution in [-0.4, -0.2) is 75.9 Å². The largest absolute Gasteiger partial charge is 0.494 e. The third-order valence-electron chi connectivity index (χ3n) is 5.66. The molecule has 9 heteroatoms. The molecule has 1 aliphatic heterocycles. The highest BCUT2D eigenvalue weighted by molar-refractivity contribution is 7.22. The zero-order chi connectivity index (χ0) is 23.2. The van der Waals surface area contributed by atoms with E-state index >= 15 is 0 Å². The van der Waals surface area contributed by atoms with Gasteiger partial charge >= 0.3 is 0 Å². The minimum absolute atomic E-state index is 0.162. The van der Waals surface area contributed by atoms with Crippen molar-refractivity contribution in [3.63, 3.8) is 0 Å². The molecule has 3 aromatic rings. The van der Waals surface area contributed by atoms with Gasteiger partial charge in [0.2, 0.25) is 0 Å². The molecule has 0 radical (unpaired) electrons. The van der Waals surface area contributed by atoms with Crippen LogP contribution in [0.25, 0.3) is 10.2 Å². The lowest BCUT2D eigenvalue weighted by molar-refractivity contribution is 0.0944. The van der Waals surface area contributed by atoms with Crippen LogP contribution in [0.4, 0.5) is 5.13 Å². The van der Waals surface area contributed by atoms with E-state index in [0.29, 0.717) is 30.2 Å². The number of rotatable bonds is 9. The molecule has 1 fully saturated rings. The quantitative estimate of drug-likeness (QED) is 0.514. The summed E-state index contributed by atoms with van der Waals surface area (Å²) in [5.74, 6) is 1.73. The van der Waals surface area contributed by atoms with Crippen LogP contribution in [0.3, 0.4) is 0 Å². The summed E-state index contributed by atoms with van der Waals surface area (Å²) in [6.45, 7) is 7.70. The zero-order valence-electron chi connectivity index (χ0n) is 19.3. The lowest BCUT2D eigenvalue weighted by atomic mass is 10.1. The molecule has 1 N–H and O–H groups in total. The molecule has 4 rings (SSSR count). The van der Waals surface area contributed by atoms with Gasteiger partial charge in [-0.15, -0.1) is 0 Å². The highest BCUT2D eigenvalue weighted by atomic mass is 32.1. The van der Waals surface area contributed by atoms with E-state index in [9.17, 15) is 4.79 Å². The standard InChI is InChI=1S/C24H30N4O4S/c1-4-32-17-8-9-19-21(16-17)33-24(26-19)28-14-12-27(13-15-28)11-10-25-23(29)18-6-5-7-20(30-2)22(18)31-3/h5-9,16H,4,10-15H2,1-3H3,(H,25,29). The number of ether oxygens (including phenoxy) is 3. The second-order valence-electron chi connectivity index (χ2n) is 7.68. The molecule has 0 aliphatic carbocycles. The Morgan fingerprint density at radius 1 is 1.12 bits per heavy atom. The predicted octanol–water partition coefficient (Wildman–Crippen LogP) is 3.26. The first-order valence-electron chi connectivity index (χ1n) is 11.1.